The zero-order chi connectivity index (χ0) is 15.0. The molecule has 1 aromatic carbocycles. The first-order valence-electron chi connectivity index (χ1n) is 5.92. The van der Waals surface area contributed by atoms with Crippen LogP contribution in [0.5, 0.6) is 0 Å². The predicted octanol–water partition coefficient (Wildman–Crippen LogP) is 0.693. The van der Waals surface area contributed by atoms with Gasteiger partial charge in [0.25, 0.3) is 5.91 Å². The highest BCUT2D eigenvalue weighted by Crippen LogP contribution is 2.03. The Kier molecular flexibility index (Phi) is 5.78. The van der Waals surface area contributed by atoms with Gasteiger partial charge in [0.15, 0.2) is 0 Å². The number of rotatable bonds is 6. The molecule has 0 bridgehead atoms. The van der Waals surface area contributed by atoms with E-state index < -0.39 is 18.4 Å². The standard InChI is InChI=1S/C14H15N3O3/c1-10-3-2-4-11(5-10)7-16-8-12(6-15)14(20)17-9-13(18)19/h2-5,8,16H,7,9H2,1H3,(H,17,20)(H,18,19)/b12-8-. The molecule has 0 spiro atoms. The minimum absolute atomic E-state index is 0.168. The molecule has 0 saturated heterocycles. The molecule has 1 rings (SSSR count). The Hall–Kier alpha value is -2.81. The van der Waals surface area contributed by atoms with Gasteiger partial charge in [-0.3, -0.25) is 9.59 Å². The van der Waals surface area contributed by atoms with Crippen LogP contribution in [0.15, 0.2) is 36.0 Å². The summed E-state index contributed by atoms with van der Waals surface area (Å²) in [6.45, 7) is 1.92. The Morgan fingerprint density at radius 2 is 2.20 bits per heavy atom. The highest BCUT2D eigenvalue weighted by Gasteiger charge is 2.09. The maximum Gasteiger partial charge on any atom is 0.322 e. The lowest BCUT2D eigenvalue weighted by molar-refractivity contribution is -0.137. The van der Waals surface area contributed by atoms with Crippen molar-refractivity contribution in [2.45, 2.75) is 13.5 Å². The summed E-state index contributed by atoms with van der Waals surface area (Å²) < 4.78 is 0. The lowest BCUT2D eigenvalue weighted by Gasteiger charge is -2.04. The molecule has 1 aromatic rings. The van der Waals surface area contributed by atoms with Crippen LogP contribution in [0.2, 0.25) is 0 Å². The number of nitrogens with one attached hydrogen (secondary N) is 2. The van der Waals surface area contributed by atoms with E-state index in [0.29, 0.717) is 6.54 Å². The fraction of sp³-hybridized carbons (Fsp3) is 0.214. The SMILES string of the molecule is Cc1cccc(CN/C=C(/C#N)C(=O)NCC(=O)O)c1. The van der Waals surface area contributed by atoms with E-state index in [1.165, 1.54) is 6.20 Å². The van der Waals surface area contributed by atoms with Crippen molar-refractivity contribution in [3.05, 3.63) is 47.2 Å². The first-order chi connectivity index (χ1) is 9.52. The van der Waals surface area contributed by atoms with Crippen LogP contribution in [0.25, 0.3) is 0 Å². The van der Waals surface area contributed by atoms with Crippen molar-refractivity contribution in [2.24, 2.45) is 0 Å². The summed E-state index contributed by atoms with van der Waals surface area (Å²) in [5, 5.41) is 22.2. The molecule has 0 atom stereocenters. The molecule has 0 aliphatic rings. The lowest BCUT2D eigenvalue weighted by Crippen LogP contribution is -2.30. The van der Waals surface area contributed by atoms with E-state index in [1.807, 2.05) is 31.2 Å². The molecule has 0 aromatic heterocycles. The molecule has 1 amide bonds. The maximum atomic E-state index is 11.5. The minimum Gasteiger partial charge on any atom is -0.480 e. The molecule has 0 saturated carbocycles. The van der Waals surface area contributed by atoms with Crippen LogP contribution in [0, 0.1) is 18.3 Å². The Morgan fingerprint density at radius 3 is 2.80 bits per heavy atom. The van der Waals surface area contributed by atoms with Crippen LogP contribution in [0.4, 0.5) is 0 Å². The highest BCUT2D eigenvalue weighted by molar-refractivity contribution is 5.98. The smallest absolute Gasteiger partial charge is 0.322 e. The number of nitrogens with zero attached hydrogens (tertiary/aromatic N) is 1. The second-order valence-electron chi connectivity index (χ2n) is 4.12. The van der Waals surface area contributed by atoms with E-state index in [-0.39, 0.29) is 5.57 Å². The summed E-state index contributed by atoms with van der Waals surface area (Å²) in [7, 11) is 0. The number of carbonyl (C=O) groups is 2. The molecular formula is C14H15N3O3. The van der Waals surface area contributed by atoms with Crippen molar-refractivity contribution >= 4 is 11.9 Å². The quantitative estimate of drug-likeness (QED) is 0.523. The van der Waals surface area contributed by atoms with Crippen molar-refractivity contribution in [3.8, 4) is 6.07 Å². The molecule has 6 nitrogen and oxygen atoms in total. The van der Waals surface area contributed by atoms with Crippen LogP contribution in [0.1, 0.15) is 11.1 Å². The number of aliphatic carboxylic acids is 1. The third-order valence-electron chi connectivity index (χ3n) is 2.40. The Morgan fingerprint density at radius 1 is 1.45 bits per heavy atom. The molecule has 0 unspecified atom stereocenters. The lowest BCUT2D eigenvalue weighted by atomic mass is 10.1. The van der Waals surface area contributed by atoms with Gasteiger partial charge in [0.1, 0.15) is 18.2 Å². The summed E-state index contributed by atoms with van der Waals surface area (Å²) in [5.74, 6) is -1.88. The Balaban J connectivity index is 2.56. The van der Waals surface area contributed by atoms with Gasteiger partial charge < -0.3 is 15.7 Å². The fourth-order valence-electron chi connectivity index (χ4n) is 1.49. The Labute approximate surface area is 116 Å². The van der Waals surface area contributed by atoms with E-state index in [1.54, 1.807) is 6.07 Å². The van der Waals surface area contributed by atoms with Gasteiger partial charge in [0.2, 0.25) is 0 Å². The van der Waals surface area contributed by atoms with Gasteiger partial charge in [0.05, 0.1) is 0 Å². The largest absolute Gasteiger partial charge is 0.480 e. The molecule has 20 heavy (non-hydrogen) atoms. The highest BCUT2D eigenvalue weighted by atomic mass is 16.4. The predicted molar refractivity (Wildman–Crippen MR) is 72.4 cm³/mol. The molecular weight excluding hydrogens is 258 g/mol. The molecule has 6 heteroatoms. The van der Waals surface area contributed by atoms with Crippen molar-refractivity contribution < 1.29 is 14.7 Å². The molecule has 0 fully saturated rings. The average Bonchev–Trinajstić information content (AvgIpc) is 2.41. The number of aryl methyl sites for hydroxylation is 1. The number of hydrogen-bond donors (Lipinski definition) is 3. The van der Waals surface area contributed by atoms with E-state index >= 15 is 0 Å². The monoisotopic (exact) mass is 273 g/mol. The zero-order valence-electron chi connectivity index (χ0n) is 11.0. The molecule has 0 aliphatic carbocycles. The van der Waals surface area contributed by atoms with Gasteiger partial charge in [0, 0.05) is 12.7 Å². The second-order valence-corrected chi connectivity index (χ2v) is 4.12. The number of amides is 1. The number of carboxylic acid groups (broad SMARTS) is 1. The Bertz CT molecular complexity index is 573. The van der Waals surface area contributed by atoms with E-state index in [9.17, 15) is 9.59 Å². The summed E-state index contributed by atoms with van der Waals surface area (Å²) in [6.07, 6.45) is 1.28. The first-order valence-corrected chi connectivity index (χ1v) is 5.92. The van der Waals surface area contributed by atoms with Gasteiger partial charge in [-0.2, -0.15) is 5.26 Å². The van der Waals surface area contributed by atoms with Gasteiger partial charge in [-0.05, 0) is 12.5 Å². The third kappa shape index (κ3) is 5.23. The summed E-state index contributed by atoms with van der Waals surface area (Å²) in [5.41, 5.74) is 1.97. The van der Waals surface area contributed by atoms with Crippen LogP contribution >= 0.6 is 0 Å². The number of carboxylic acids is 1. The molecule has 0 heterocycles. The van der Waals surface area contributed by atoms with Crippen LogP contribution in [-0.2, 0) is 16.1 Å². The number of benzene rings is 1. The fourth-order valence-corrected chi connectivity index (χ4v) is 1.49. The first kappa shape index (κ1) is 15.2. The van der Waals surface area contributed by atoms with Crippen LogP contribution < -0.4 is 10.6 Å². The van der Waals surface area contributed by atoms with Gasteiger partial charge in [-0.25, -0.2) is 0 Å². The van der Waals surface area contributed by atoms with Gasteiger partial charge in [-0.15, -0.1) is 0 Å². The number of carbonyl (C=O) groups excluding carboxylic acids is 1. The van der Waals surface area contributed by atoms with Crippen molar-refractivity contribution in [1.29, 1.82) is 5.26 Å². The van der Waals surface area contributed by atoms with E-state index in [2.05, 4.69) is 10.6 Å². The summed E-state index contributed by atoms with van der Waals surface area (Å²) in [4.78, 5) is 21.8. The normalized spacial score (nSPS) is 10.5. The van der Waals surface area contributed by atoms with E-state index in [4.69, 9.17) is 10.4 Å². The average molecular weight is 273 g/mol. The van der Waals surface area contributed by atoms with E-state index in [0.717, 1.165) is 11.1 Å². The topological polar surface area (TPSA) is 102 Å². The minimum atomic E-state index is -1.16. The van der Waals surface area contributed by atoms with Crippen LogP contribution in [0.3, 0.4) is 0 Å². The summed E-state index contributed by atoms with van der Waals surface area (Å²) in [6, 6.07) is 9.51. The zero-order valence-corrected chi connectivity index (χ0v) is 11.0. The van der Waals surface area contributed by atoms with Crippen molar-refractivity contribution in [3.63, 3.8) is 0 Å². The van der Waals surface area contributed by atoms with Crippen molar-refractivity contribution in [2.75, 3.05) is 6.54 Å². The molecule has 0 radical (unpaired) electrons. The number of hydrogen-bond acceptors (Lipinski definition) is 4. The molecule has 3 N–H and O–H groups in total. The maximum absolute atomic E-state index is 11.5. The van der Waals surface area contributed by atoms with Gasteiger partial charge in [-0.1, -0.05) is 29.8 Å². The van der Waals surface area contributed by atoms with Gasteiger partial charge >= 0.3 is 5.97 Å². The summed E-state index contributed by atoms with van der Waals surface area (Å²) >= 11 is 0. The molecule has 0 aliphatic heterocycles. The molecule has 104 valence electrons. The third-order valence-corrected chi connectivity index (χ3v) is 2.40. The number of nitriles is 1. The second kappa shape index (κ2) is 7.59. The van der Waals surface area contributed by atoms with Crippen molar-refractivity contribution in [1.82, 2.24) is 10.6 Å². The van der Waals surface area contributed by atoms with Crippen LogP contribution in [-0.4, -0.2) is 23.5 Å².